The van der Waals surface area contributed by atoms with Crippen LogP contribution in [0.1, 0.15) is 11.1 Å². The minimum Gasteiger partial charge on any atom is -0.496 e. The van der Waals surface area contributed by atoms with Gasteiger partial charge in [0.25, 0.3) is 0 Å². The average molecular weight is 519 g/mol. The van der Waals surface area contributed by atoms with E-state index in [2.05, 4.69) is 20.2 Å². The lowest BCUT2D eigenvalue weighted by molar-refractivity contribution is 0.297. The number of benzene rings is 3. The van der Waals surface area contributed by atoms with Crippen LogP contribution in [0.4, 0.5) is 11.5 Å². The summed E-state index contributed by atoms with van der Waals surface area (Å²) in [5.41, 5.74) is 3.86. The van der Waals surface area contributed by atoms with Gasteiger partial charge in [-0.2, -0.15) is 0 Å². The Bertz CT molecular complexity index is 1450. The van der Waals surface area contributed by atoms with E-state index in [4.69, 9.17) is 9.47 Å². The molecule has 1 aromatic heterocycles. The molecule has 0 saturated carbocycles. The van der Waals surface area contributed by atoms with Gasteiger partial charge in [0.15, 0.2) is 9.84 Å². The van der Waals surface area contributed by atoms with Gasteiger partial charge in [-0.15, -0.1) is 0 Å². The highest BCUT2D eigenvalue weighted by molar-refractivity contribution is 7.91. The predicted molar refractivity (Wildman–Crippen MR) is 145 cm³/mol. The summed E-state index contributed by atoms with van der Waals surface area (Å²) < 4.78 is 35.0. The van der Waals surface area contributed by atoms with E-state index in [-0.39, 0.29) is 11.5 Å². The van der Waals surface area contributed by atoms with Crippen LogP contribution >= 0.6 is 0 Å². The first-order chi connectivity index (χ1) is 18.0. The average Bonchev–Trinajstić information content (AvgIpc) is 2.92. The molecule has 1 fully saturated rings. The quantitative estimate of drug-likeness (QED) is 0.352. The Kier molecular flexibility index (Phi) is 7.52. The standard InChI is InChI=1S/C28H30N4O4S/c1-35-27-18-25-26(17-22(27)11-12-32-13-15-37(33,34)16-14-32)29-20-30-28(25)31-23-7-9-24(10-8-23)36-19-21-5-3-2-4-6-21/h2-10,17-18,20H,11-16,19H2,1H3,(H,29,30,31). The number of methoxy groups -OCH3 is 1. The number of sulfone groups is 1. The van der Waals surface area contributed by atoms with Crippen LogP contribution in [0.5, 0.6) is 11.5 Å². The van der Waals surface area contributed by atoms with Gasteiger partial charge in [0.1, 0.15) is 30.3 Å². The molecular weight excluding hydrogens is 488 g/mol. The fourth-order valence-corrected chi connectivity index (χ4v) is 5.65. The second-order valence-corrected chi connectivity index (χ2v) is 11.4. The Morgan fingerprint density at radius 1 is 0.973 bits per heavy atom. The number of rotatable bonds is 9. The summed E-state index contributed by atoms with van der Waals surface area (Å²) in [7, 11) is -1.23. The molecule has 1 N–H and O–H groups in total. The highest BCUT2D eigenvalue weighted by Gasteiger charge is 2.21. The Hall–Kier alpha value is -3.69. The van der Waals surface area contributed by atoms with Crippen molar-refractivity contribution in [3.63, 3.8) is 0 Å². The minimum absolute atomic E-state index is 0.226. The van der Waals surface area contributed by atoms with Gasteiger partial charge in [0.2, 0.25) is 0 Å². The molecule has 2 heterocycles. The second kappa shape index (κ2) is 11.1. The van der Waals surface area contributed by atoms with E-state index in [0.717, 1.165) is 52.2 Å². The van der Waals surface area contributed by atoms with Crippen molar-refractivity contribution in [2.24, 2.45) is 0 Å². The lowest BCUT2D eigenvalue weighted by Gasteiger charge is -2.26. The van der Waals surface area contributed by atoms with Gasteiger partial charge in [-0.1, -0.05) is 30.3 Å². The molecule has 0 atom stereocenters. The zero-order valence-electron chi connectivity index (χ0n) is 20.8. The summed E-state index contributed by atoms with van der Waals surface area (Å²) in [6.45, 7) is 2.44. The van der Waals surface area contributed by atoms with Crippen molar-refractivity contribution in [3.05, 3.63) is 84.2 Å². The largest absolute Gasteiger partial charge is 0.496 e. The molecule has 1 saturated heterocycles. The Labute approximate surface area is 217 Å². The molecule has 3 aromatic carbocycles. The molecule has 0 unspecified atom stereocenters. The van der Waals surface area contributed by atoms with E-state index in [1.165, 1.54) is 0 Å². The second-order valence-electron chi connectivity index (χ2n) is 9.07. The van der Waals surface area contributed by atoms with Crippen molar-refractivity contribution in [2.75, 3.05) is 43.6 Å². The number of aromatic nitrogens is 2. The molecule has 4 aromatic rings. The van der Waals surface area contributed by atoms with Crippen molar-refractivity contribution in [1.29, 1.82) is 0 Å². The Morgan fingerprint density at radius 3 is 2.46 bits per heavy atom. The first-order valence-electron chi connectivity index (χ1n) is 12.3. The third kappa shape index (κ3) is 6.36. The normalized spacial score (nSPS) is 15.4. The fourth-order valence-electron chi connectivity index (χ4n) is 4.38. The maximum absolute atomic E-state index is 11.7. The molecule has 0 radical (unpaired) electrons. The van der Waals surface area contributed by atoms with Crippen molar-refractivity contribution in [3.8, 4) is 11.5 Å². The molecule has 0 bridgehead atoms. The highest BCUT2D eigenvalue weighted by atomic mass is 32.2. The minimum atomic E-state index is -2.89. The van der Waals surface area contributed by atoms with E-state index < -0.39 is 9.84 Å². The summed E-state index contributed by atoms with van der Waals surface area (Å²) in [6.07, 6.45) is 2.30. The molecule has 0 aliphatic carbocycles. The SMILES string of the molecule is COc1cc2c(Nc3ccc(OCc4ccccc4)cc3)ncnc2cc1CCN1CCS(=O)(=O)CC1. The van der Waals surface area contributed by atoms with Crippen LogP contribution in [0, 0.1) is 0 Å². The van der Waals surface area contributed by atoms with Gasteiger partial charge >= 0.3 is 0 Å². The first-order valence-corrected chi connectivity index (χ1v) is 14.1. The van der Waals surface area contributed by atoms with Crippen LogP contribution in [0.3, 0.4) is 0 Å². The molecule has 37 heavy (non-hydrogen) atoms. The Morgan fingerprint density at radius 2 is 1.73 bits per heavy atom. The van der Waals surface area contributed by atoms with Gasteiger partial charge in [0.05, 0.1) is 24.1 Å². The molecule has 192 valence electrons. The number of anilines is 2. The molecule has 8 nitrogen and oxygen atoms in total. The predicted octanol–water partition coefficient (Wildman–Crippen LogP) is 4.23. The monoisotopic (exact) mass is 518 g/mol. The van der Waals surface area contributed by atoms with Crippen molar-refractivity contribution < 1.29 is 17.9 Å². The molecule has 1 aliphatic heterocycles. The summed E-state index contributed by atoms with van der Waals surface area (Å²) >= 11 is 0. The van der Waals surface area contributed by atoms with E-state index in [0.29, 0.717) is 25.5 Å². The van der Waals surface area contributed by atoms with Crippen LogP contribution in [0.15, 0.2) is 73.1 Å². The lowest BCUT2D eigenvalue weighted by atomic mass is 10.1. The van der Waals surface area contributed by atoms with E-state index in [1.807, 2.05) is 66.7 Å². The number of nitrogens with one attached hydrogen (secondary N) is 1. The number of fused-ring (bicyclic) bond motifs is 1. The van der Waals surface area contributed by atoms with Crippen molar-refractivity contribution in [1.82, 2.24) is 14.9 Å². The van der Waals surface area contributed by atoms with E-state index >= 15 is 0 Å². The van der Waals surface area contributed by atoms with Gasteiger partial charge in [-0.3, -0.25) is 0 Å². The van der Waals surface area contributed by atoms with Gasteiger partial charge in [-0.25, -0.2) is 18.4 Å². The van der Waals surface area contributed by atoms with Crippen molar-refractivity contribution in [2.45, 2.75) is 13.0 Å². The fraction of sp³-hybridized carbons (Fsp3) is 0.286. The first kappa shape index (κ1) is 25.0. The van der Waals surface area contributed by atoms with Crippen LogP contribution in [0.2, 0.25) is 0 Å². The lowest BCUT2D eigenvalue weighted by Crippen LogP contribution is -2.41. The van der Waals surface area contributed by atoms with Gasteiger partial charge < -0.3 is 19.7 Å². The van der Waals surface area contributed by atoms with Gasteiger partial charge in [0, 0.05) is 30.7 Å². The van der Waals surface area contributed by atoms with Crippen LogP contribution in [-0.4, -0.2) is 61.5 Å². The summed E-state index contributed by atoms with van der Waals surface area (Å²) in [5.74, 6) is 2.70. The molecule has 1 aliphatic rings. The van der Waals surface area contributed by atoms with Crippen molar-refractivity contribution >= 4 is 32.2 Å². The maximum Gasteiger partial charge on any atom is 0.152 e. The van der Waals surface area contributed by atoms with E-state index in [9.17, 15) is 8.42 Å². The van der Waals surface area contributed by atoms with Gasteiger partial charge in [-0.05, 0) is 53.9 Å². The maximum atomic E-state index is 11.7. The zero-order valence-corrected chi connectivity index (χ0v) is 21.6. The summed E-state index contributed by atoms with van der Waals surface area (Å²) in [4.78, 5) is 11.1. The molecular formula is C28H30N4O4S. The highest BCUT2D eigenvalue weighted by Crippen LogP contribution is 2.31. The number of nitrogens with zero attached hydrogens (tertiary/aromatic N) is 3. The van der Waals surface area contributed by atoms with Crippen LogP contribution in [0.25, 0.3) is 10.9 Å². The topological polar surface area (TPSA) is 93.7 Å². The van der Waals surface area contributed by atoms with Crippen LogP contribution in [-0.2, 0) is 22.9 Å². The molecule has 0 spiro atoms. The number of ether oxygens (including phenoxy) is 2. The summed E-state index contributed by atoms with van der Waals surface area (Å²) in [5, 5.41) is 4.24. The zero-order chi connectivity index (χ0) is 25.7. The van der Waals surface area contributed by atoms with Crippen LogP contribution < -0.4 is 14.8 Å². The smallest absolute Gasteiger partial charge is 0.152 e. The third-order valence-electron chi connectivity index (χ3n) is 6.54. The summed E-state index contributed by atoms with van der Waals surface area (Å²) in [6, 6.07) is 21.8. The van der Waals surface area contributed by atoms with E-state index in [1.54, 1.807) is 13.4 Å². The molecule has 5 rings (SSSR count). The molecule has 9 heteroatoms. The Balaban J connectivity index is 1.27. The molecule has 0 amide bonds. The number of hydrogen-bond acceptors (Lipinski definition) is 8. The number of hydrogen-bond donors (Lipinski definition) is 1. The third-order valence-corrected chi connectivity index (χ3v) is 8.15.